The quantitative estimate of drug-likeness (QED) is 0.750. The molecule has 0 amide bonds. The molecule has 1 nitrogen and oxygen atoms in total. The van der Waals surface area contributed by atoms with Crippen LogP contribution < -0.4 is 0 Å². The molecule has 0 spiro atoms. The minimum atomic E-state index is -0.867. The highest BCUT2D eigenvalue weighted by Crippen LogP contribution is 2.20. The summed E-state index contributed by atoms with van der Waals surface area (Å²) >= 11 is 0. The van der Waals surface area contributed by atoms with Gasteiger partial charge in [-0.1, -0.05) is 6.07 Å². The number of halogens is 3. The van der Waals surface area contributed by atoms with Gasteiger partial charge in [-0.25, -0.2) is 13.2 Å². The molecule has 0 aliphatic heterocycles. The first-order chi connectivity index (χ1) is 8.88. The van der Waals surface area contributed by atoms with E-state index >= 15 is 0 Å². The zero-order valence-electron chi connectivity index (χ0n) is 10.4. The number of hydrogen-bond acceptors (Lipinski definition) is 1. The second-order valence-electron chi connectivity index (χ2n) is 4.43. The van der Waals surface area contributed by atoms with Gasteiger partial charge < -0.3 is 0 Å². The number of hydrogen-bond donors (Lipinski definition) is 0. The van der Waals surface area contributed by atoms with Crippen molar-refractivity contribution in [3.63, 3.8) is 0 Å². The minimum Gasteiger partial charge on any atom is -0.288 e. The van der Waals surface area contributed by atoms with Gasteiger partial charge in [0.05, 0.1) is 5.56 Å². The summed E-state index contributed by atoms with van der Waals surface area (Å²) in [6, 6.07) is 5.31. The van der Waals surface area contributed by atoms with Crippen molar-refractivity contribution >= 4 is 5.78 Å². The summed E-state index contributed by atoms with van der Waals surface area (Å²) < 4.78 is 40.0. The molecule has 0 aliphatic rings. The molecule has 0 N–H and O–H groups in total. The number of carbonyl (C=O) groups is 1. The SMILES string of the molecule is Cc1cc(C)c(C(=O)c2cc(F)cc(F)c2)c(F)c1. The van der Waals surface area contributed by atoms with Gasteiger partial charge in [0.1, 0.15) is 17.5 Å². The highest BCUT2D eigenvalue weighted by atomic mass is 19.1. The Balaban J connectivity index is 2.56. The fourth-order valence-corrected chi connectivity index (χ4v) is 2.03. The van der Waals surface area contributed by atoms with E-state index in [2.05, 4.69) is 0 Å². The first kappa shape index (κ1) is 13.3. The van der Waals surface area contributed by atoms with Gasteiger partial charge in [0.2, 0.25) is 0 Å². The smallest absolute Gasteiger partial charge is 0.196 e. The van der Waals surface area contributed by atoms with Gasteiger partial charge in [-0.3, -0.25) is 4.79 Å². The molecule has 0 radical (unpaired) electrons. The number of benzene rings is 2. The third kappa shape index (κ3) is 2.67. The van der Waals surface area contributed by atoms with Crippen LogP contribution in [-0.4, -0.2) is 5.78 Å². The van der Waals surface area contributed by atoms with Gasteiger partial charge in [0.25, 0.3) is 0 Å². The zero-order valence-corrected chi connectivity index (χ0v) is 10.4. The van der Waals surface area contributed by atoms with Crippen molar-refractivity contribution in [3.8, 4) is 0 Å². The van der Waals surface area contributed by atoms with Gasteiger partial charge in [-0.05, 0) is 43.2 Å². The molecule has 19 heavy (non-hydrogen) atoms. The summed E-state index contributed by atoms with van der Waals surface area (Å²) in [6.07, 6.45) is 0. The Morgan fingerprint density at radius 3 is 2.00 bits per heavy atom. The van der Waals surface area contributed by atoms with E-state index in [1.165, 1.54) is 6.07 Å². The topological polar surface area (TPSA) is 17.1 Å². The minimum absolute atomic E-state index is 0.157. The van der Waals surface area contributed by atoms with Crippen LogP contribution in [0.15, 0.2) is 30.3 Å². The lowest BCUT2D eigenvalue weighted by molar-refractivity contribution is 0.103. The molecule has 0 saturated carbocycles. The van der Waals surface area contributed by atoms with Crippen LogP contribution in [-0.2, 0) is 0 Å². The second kappa shape index (κ2) is 4.88. The van der Waals surface area contributed by atoms with Crippen molar-refractivity contribution in [1.82, 2.24) is 0 Å². The monoisotopic (exact) mass is 264 g/mol. The Morgan fingerprint density at radius 2 is 1.47 bits per heavy atom. The molecule has 2 rings (SSSR count). The van der Waals surface area contributed by atoms with E-state index < -0.39 is 23.2 Å². The lowest BCUT2D eigenvalue weighted by atomic mass is 9.97. The van der Waals surface area contributed by atoms with E-state index in [0.717, 1.165) is 12.1 Å². The molecule has 0 bridgehead atoms. The van der Waals surface area contributed by atoms with Gasteiger partial charge in [-0.15, -0.1) is 0 Å². The van der Waals surface area contributed by atoms with Crippen LogP contribution in [0.1, 0.15) is 27.0 Å². The fourth-order valence-electron chi connectivity index (χ4n) is 2.03. The molecular formula is C15H11F3O. The molecule has 0 unspecified atom stereocenters. The summed E-state index contributed by atoms with van der Waals surface area (Å²) in [6.45, 7) is 3.28. The molecule has 2 aromatic rings. The molecule has 0 atom stereocenters. The average molecular weight is 264 g/mol. The number of aryl methyl sites for hydroxylation is 2. The Morgan fingerprint density at radius 1 is 0.895 bits per heavy atom. The van der Waals surface area contributed by atoms with E-state index in [1.807, 2.05) is 0 Å². The maximum atomic E-state index is 13.8. The van der Waals surface area contributed by atoms with Crippen LogP contribution in [0.4, 0.5) is 13.2 Å². The lowest BCUT2D eigenvalue weighted by Crippen LogP contribution is -2.08. The van der Waals surface area contributed by atoms with Crippen molar-refractivity contribution < 1.29 is 18.0 Å². The Bertz CT molecular complexity index is 619. The van der Waals surface area contributed by atoms with E-state index in [9.17, 15) is 18.0 Å². The highest BCUT2D eigenvalue weighted by Gasteiger charge is 2.18. The standard InChI is InChI=1S/C15H11F3O/c1-8-3-9(2)14(13(18)4-8)15(19)10-5-11(16)7-12(17)6-10/h3-7H,1-2H3. The Labute approximate surface area is 108 Å². The van der Waals surface area contributed by atoms with Crippen molar-refractivity contribution in [2.24, 2.45) is 0 Å². The molecule has 0 aromatic heterocycles. The molecule has 0 saturated heterocycles. The number of carbonyl (C=O) groups excluding carboxylic acids is 1. The lowest BCUT2D eigenvalue weighted by Gasteiger charge is -2.08. The van der Waals surface area contributed by atoms with Crippen LogP contribution in [0, 0.1) is 31.3 Å². The molecule has 0 fully saturated rings. The van der Waals surface area contributed by atoms with Gasteiger partial charge in [0.15, 0.2) is 5.78 Å². The second-order valence-corrected chi connectivity index (χ2v) is 4.43. The Kier molecular flexibility index (Phi) is 3.42. The molecule has 4 heteroatoms. The number of ketones is 1. The predicted molar refractivity (Wildman–Crippen MR) is 65.7 cm³/mol. The maximum absolute atomic E-state index is 13.8. The molecule has 0 aliphatic carbocycles. The van der Waals surface area contributed by atoms with E-state index in [1.54, 1.807) is 19.9 Å². The summed E-state index contributed by atoms with van der Waals surface area (Å²) in [5, 5.41) is 0. The third-order valence-corrected chi connectivity index (χ3v) is 2.78. The molecule has 2 aromatic carbocycles. The molecule has 0 heterocycles. The van der Waals surface area contributed by atoms with Gasteiger partial charge in [0, 0.05) is 11.6 Å². The van der Waals surface area contributed by atoms with E-state index in [0.29, 0.717) is 17.2 Å². The van der Waals surface area contributed by atoms with Gasteiger partial charge >= 0.3 is 0 Å². The van der Waals surface area contributed by atoms with Crippen LogP contribution in [0.5, 0.6) is 0 Å². The van der Waals surface area contributed by atoms with Crippen LogP contribution >= 0.6 is 0 Å². The van der Waals surface area contributed by atoms with Crippen LogP contribution in [0.3, 0.4) is 0 Å². The van der Waals surface area contributed by atoms with Crippen LogP contribution in [0.2, 0.25) is 0 Å². The van der Waals surface area contributed by atoms with Gasteiger partial charge in [-0.2, -0.15) is 0 Å². The predicted octanol–water partition coefficient (Wildman–Crippen LogP) is 3.95. The van der Waals surface area contributed by atoms with E-state index in [4.69, 9.17) is 0 Å². The van der Waals surface area contributed by atoms with Crippen molar-refractivity contribution in [1.29, 1.82) is 0 Å². The largest absolute Gasteiger partial charge is 0.288 e. The fraction of sp³-hybridized carbons (Fsp3) is 0.133. The first-order valence-electron chi connectivity index (χ1n) is 5.66. The average Bonchev–Trinajstić information content (AvgIpc) is 2.25. The summed E-state index contributed by atoms with van der Waals surface area (Å²) in [7, 11) is 0. The highest BCUT2D eigenvalue weighted by molar-refractivity contribution is 6.10. The normalized spacial score (nSPS) is 10.6. The molecular weight excluding hydrogens is 253 g/mol. The zero-order chi connectivity index (χ0) is 14.2. The first-order valence-corrected chi connectivity index (χ1v) is 5.66. The van der Waals surface area contributed by atoms with Crippen molar-refractivity contribution in [2.45, 2.75) is 13.8 Å². The molecule has 98 valence electrons. The van der Waals surface area contributed by atoms with E-state index in [-0.39, 0.29) is 11.1 Å². The van der Waals surface area contributed by atoms with Crippen molar-refractivity contribution in [2.75, 3.05) is 0 Å². The summed E-state index contributed by atoms with van der Waals surface area (Å²) in [5.41, 5.74) is 0.753. The van der Waals surface area contributed by atoms with Crippen LogP contribution in [0.25, 0.3) is 0 Å². The number of rotatable bonds is 2. The van der Waals surface area contributed by atoms with Crippen molar-refractivity contribution in [3.05, 3.63) is 70.0 Å². The summed E-state index contributed by atoms with van der Waals surface area (Å²) in [4.78, 5) is 12.1. The third-order valence-electron chi connectivity index (χ3n) is 2.78. The summed E-state index contributed by atoms with van der Waals surface area (Å²) in [5.74, 6) is -3.15. The Hall–Kier alpha value is -2.10. The maximum Gasteiger partial charge on any atom is 0.196 e.